The Hall–Kier alpha value is -2.62. The molecule has 2 aromatic carbocycles. The average molecular weight is 349 g/mol. The van der Waals surface area contributed by atoms with Crippen molar-refractivity contribution in [2.75, 3.05) is 4.90 Å². The zero-order valence-corrected chi connectivity index (χ0v) is 15.1. The molecule has 4 rings (SSSR count). The Morgan fingerprint density at radius 2 is 1.65 bits per heavy atom. The van der Waals surface area contributed by atoms with Crippen LogP contribution in [0.1, 0.15) is 31.7 Å². The molecule has 134 valence electrons. The van der Waals surface area contributed by atoms with Gasteiger partial charge < -0.3 is 4.74 Å². The minimum Gasteiger partial charge on any atom is -0.457 e. The van der Waals surface area contributed by atoms with Gasteiger partial charge in [-0.3, -0.25) is 14.5 Å². The lowest BCUT2D eigenvalue weighted by molar-refractivity contribution is -0.122. The summed E-state index contributed by atoms with van der Waals surface area (Å²) in [6.45, 7) is 4.18. The number of aryl methyl sites for hydroxylation is 1. The van der Waals surface area contributed by atoms with Crippen LogP contribution < -0.4 is 9.64 Å². The van der Waals surface area contributed by atoms with Gasteiger partial charge in [-0.25, -0.2) is 0 Å². The van der Waals surface area contributed by atoms with Crippen molar-refractivity contribution in [2.24, 2.45) is 17.8 Å². The fourth-order valence-corrected chi connectivity index (χ4v) is 4.12. The van der Waals surface area contributed by atoms with Crippen molar-refractivity contribution in [1.29, 1.82) is 0 Å². The molecule has 4 nitrogen and oxygen atoms in total. The van der Waals surface area contributed by atoms with E-state index in [-0.39, 0.29) is 23.7 Å². The molecule has 0 aromatic heterocycles. The molecule has 3 atom stereocenters. The number of carbonyl (C=O) groups is 2. The molecule has 2 aliphatic rings. The van der Waals surface area contributed by atoms with Gasteiger partial charge in [-0.1, -0.05) is 19.1 Å². The number of anilines is 1. The predicted molar refractivity (Wildman–Crippen MR) is 100 cm³/mol. The van der Waals surface area contributed by atoms with Gasteiger partial charge in [0.15, 0.2) is 0 Å². The van der Waals surface area contributed by atoms with Crippen LogP contribution in [-0.2, 0) is 9.59 Å². The van der Waals surface area contributed by atoms with Crippen molar-refractivity contribution in [3.05, 3.63) is 54.1 Å². The third kappa shape index (κ3) is 3.00. The molecule has 0 N–H and O–H groups in total. The van der Waals surface area contributed by atoms with Gasteiger partial charge in [0.2, 0.25) is 11.8 Å². The van der Waals surface area contributed by atoms with Crippen LogP contribution in [0.25, 0.3) is 0 Å². The second-order valence-corrected chi connectivity index (χ2v) is 7.56. The molecular formula is C22H23NO3. The average Bonchev–Trinajstić information content (AvgIpc) is 2.86. The van der Waals surface area contributed by atoms with Crippen LogP contribution in [0.2, 0.25) is 0 Å². The maximum Gasteiger partial charge on any atom is 0.237 e. The number of carbonyl (C=O) groups excluding carboxylic acids is 2. The van der Waals surface area contributed by atoms with Crippen molar-refractivity contribution in [2.45, 2.75) is 33.1 Å². The highest BCUT2D eigenvalue weighted by molar-refractivity contribution is 6.22. The summed E-state index contributed by atoms with van der Waals surface area (Å²) in [6.07, 6.45) is 2.67. The molecule has 1 saturated carbocycles. The quantitative estimate of drug-likeness (QED) is 0.754. The van der Waals surface area contributed by atoms with Gasteiger partial charge in [-0.15, -0.1) is 0 Å². The lowest BCUT2D eigenvalue weighted by Gasteiger charge is -2.25. The van der Waals surface area contributed by atoms with Gasteiger partial charge in [0.1, 0.15) is 11.5 Å². The topological polar surface area (TPSA) is 46.6 Å². The van der Waals surface area contributed by atoms with E-state index in [9.17, 15) is 9.59 Å². The summed E-state index contributed by atoms with van der Waals surface area (Å²) in [5, 5.41) is 0. The Balaban J connectivity index is 1.53. The first-order valence-corrected chi connectivity index (χ1v) is 9.25. The molecule has 1 heterocycles. The highest BCUT2D eigenvalue weighted by Crippen LogP contribution is 2.42. The predicted octanol–water partition coefficient (Wildman–Crippen LogP) is 4.71. The monoisotopic (exact) mass is 349 g/mol. The van der Waals surface area contributed by atoms with Gasteiger partial charge in [0.25, 0.3) is 0 Å². The molecule has 4 heteroatoms. The van der Waals surface area contributed by atoms with Crippen molar-refractivity contribution < 1.29 is 14.3 Å². The Morgan fingerprint density at radius 3 is 2.38 bits per heavy atom. The lowest BCUT2D eigenvalue weighted by atomic mass is 9.76. The van der Waals surface area contributed by atoms with E-state index in [1.165, 1.54) is 4.90 Å². The van der Waals surface area contributed by atoms with Gasteiger partial charge in [0.05, 0.1) is 17.5 Å². The highest BCUT2D eigenvalue weighted by atomic mass is 16.5. The summed E-state index contributed by atoms with van der Waals surface area (Å²) < 4.78 is 5.85. The smallest absolute Gasteiger partial charge is 0.237 e. The molecule has 1 aliphatic heterocycles. The number of imide groups is 1. The molecule has 2 aromatic rings. The Labute approximate surface area is 153 Å². The van der Waals surface area contributed by atoms with Crippen LogP contribution in [0.3, 0.4) is 0 Å². The Bertz CT molecular complexity index is 843. The summed E-state index contributed by atoms with van der Waals surface area (Å²) >= 11 is 0. The summed E-state index contributed by atoms with van der Waals surface area (Å²) in [7, 11) is 0. The molecule has 0 unspecified atom stereocenters. The molecule has 26 heavy (non-hydrogen) atoms. The second kappa shape index (κ2) is 6.60. The third-order valence-corrected chi connectivity index (χ3v) is 5.51. The number of ether oxygens (including phenoxy) is 1. The molecule has 0 bridgehead atoms. The van der Waals surface area contributed by atoms with Crippen LogP contribution in [0.4, 0.5) is 5.69 Å². The highest BCUT2D eigenvalue weighted by Gasteiger charge is 2.49. The van der Waals surface area contributed by atoms with Crippen molar-refractivity contribution in [3.63, 3.8) is 0 Å². The van der Waals surface area contributed by atoms with Gasteiger partial charge in [-0.2, -0.15) is 0 Å². The van der Waals surface area contributed by atoms with Crippen LogP contribution in [-0.4, -0.2) is 11.8 Å². The first-order chi connectivity index (χ1) is 12.5. The van der Waals surface area contributed by atoms with Crippen molar-refractivity contribution >= 4 is 17.5 Å². The third-order valence-electron chi connectivity index (χ3n) is 5.51. The van der Waals surface area contributed by atoms with Crippen molar-refractivity contribution in [1.82, 2.24) is 0 Å². The van der Waals surface area contributed by atoms with Gasteiger partial charge >= 0.3 is 0 Å². The van der Waals surface area contributed by atoms with E-state index in [2.05, 4.69) is 6.92 Å². The van der Waals surface area contributed by atoms with E-state index in [0.29, 0.717) is 17.4 Å². The molecule has 1 aliphatic carbocycles. The molecular weight excluding hydrogens is 326 g/mol. The SMILES string of the molecule is Cc1cccc(Oc2ccc(N3C(=O)[C@@H]4CC[C@@H](C)C[C@H]4C3=O)cc2)c1. The first kappa shape index (κ1) is 16.8. The summed E-state index contributed by atoms with van der Waals surface area (Å²) in [6, 6.07) is 15.0. The normalized spacial score (nSPS) is 25.3. The fourth-order valence-electron chi connectivity index (χ4n) is 4.12. The first-order valence-electron chi connectivity index (χ1n) is 9.25. The maximum absolute atomic E-state index is 12.8. The number of nitrogens with zero attached hydrogens (tertiary/aromatic N) is 1. The number of hydrogen-bond donors (Lipinski definition) is 0. The number of benzene rings is 2. The zero-order valence-electron chi connectivity index (χ0n) is 15.1. The van der Waals surface area contributed by atoms with Crippen molar-refractivity contribution in [3.8, 4) is 11.5 Å². The Kier molecular flexibility index (Phi) is 4.27. The largest absolute Gasteiger partial charge is 0.457 e. The van der Waals surface area contributed by atoms with Gasteiger partial charge in [0, 0.05) is 0 Å². The standard InChI is InChI=1S/C22H23NO3/c1-14-4-3-5-18(12-14)26-17-9-7-16(8-10-17)23-21(24)19-11-6-15(2)13-20(19)22(23)25/h3-5,7-10,12,15,19-20H,6,11,13H2,1-2H3/t15-,19-,20-/m1/s1. The second-order valence-electron chi connectivity index (χ2n) is 7.56. The summed E-state index contributed by atoms with van der Waals surface area (Å²) in [4.78, 5) is 26.9. The number of hydrogen-bond acceptors (Lipinski definition) is 3. The lowest BCUT2D eigenvalue weighted by Crippen LogP contribution is -2.30. The minimum absolute atomic E-state index is 0.0424. The number of fused-ring (bicyclic) bond motifs is 1. The maximum atomic E-state index is 12.8. The molecule has 1 saturated heterocycles. The minimum atomic E-state index is -0.144. The number of amides is 2. The van der Waals surface area contributed by atoms with Crippen LogP contribution in [0.15, 0.2) is 48.5 Å². The zero-order chi connectivity index (χ0) is 18.3. The van der Waals surface area contributed by atoms with E-state index >= 15 is 0 Å². The van der Waals surface area contributed by atoms with E-state index in [4.69, 9.17) is 4.74 Å². The van der Waals surface area contributed by atoms with E-state index in [0.717, 1.165) is 30.6 Å². The van der Waals surface area contributed by atoms with E-state index in [1.54, 1.807) is 12.1 Å². The van der Waals surface area contributed by atoms with Gasteiger partial charge in [-0.05, 0) is 74.1 Å². The van der Waals surface area contributed by atoms with Crippen LogP contribution in [0.5, 0.6) is 11.5 Å². The molecule has 2 amide bonds. The van der Waals surface area contributed by atoms with E-state index in [1.807, 2.05) is 43.3 Å². The molecule has 2 fully saturated rings. The summed E-state index contributed by atoms with van der Waals surface area (Å²) in [5.41, 5.74) is 1.77. The van der Waals surface area contributed by atoms with E-state index < -0.39 is 0 Å². The number of rotatable bonds is 3. The molecule has 0 radical (unpaired) electrons. The fraction of sp³-hybridized carbons (Fsp3) is 0.364. The van der Waals surface area contributed by atoms with Crippen LogP contribution >= 0.6 is 0 Å². The molecule has 0 spiro atoms. The Morgan fingerprint density at radius 1 is 0.923 bits per heavy atom. The van der Waals surface area contributed by atoms with Crippen LogP contribution in [0, 0.1) is 24.7 Å². The summed E-state index contributed by atoms with van der Waals surface area (Å²) in [5.74, 6) is 1.60.